The number of sulfone groups is 1. The zero-order valence-corrected chi connectivity index (χ0v) is 19.1. The van der Waals surface area contributed by atoms with Crippen molar-refractivity contribution in [1.82, 2.24) is 10.6 Å². The van der Waals surface area contributed by atoms with Crippen LogP contribution in [-0.2, 0) is 22.9 Å². The second kappa shape index (κ2) is 10.2. The van der Waals surface area contributed by atoms with Crippen molar-refractivity contribution in [1.29, 1.82) is 0 Å². The summed E-state index contributed by atoms with van der Waals surface area (Å²) in [6.45, 7) is 2.69. The van der Waals surface area contributed by atoms with Gasteiger partial charge in [-0.05, 0) is 41.8 Å². The summed E-state index contributed by atoms with van der Waals surface area (Å²) in [4.78, 5) is 4.46. The van der Waals surface area contributed by atoms with Gasteiger partial charge in [-0.2, -0.15) is 0 Å². The van der Waals surface area contributed by atoms with E-state index in [0.717, 1.165) is 11.1 Å². The van der Waals surface area contributed by atoms with Gasteiger partial charge in [-0.15, -0.1) is 24.0 Å². The van der Waals surface area contributed by atoms with E-state index in [9.17, 15) is 12.8 Å². The minimum atomic E-state index is -3.23. The molecule has 2 aromatic rings. The third kappa shape index (κ3) is 6.93. The molecular weight excluding hydrogens is 504 g/mol. The highest BCUT2D eigenvalue weighted by Gasteiger charge is 2.11. The highest BCUT2D eigenvalue weighted by molar-refractivity contribution is 14.0. The number of hydrogen-bond donors (Lipinski definition) is 2. The van der Waals surface area contributed by atoms with E-state index in [-0.39, 0.29) is 29.0 Å². The minimum Gasteiger partial charge on any atom is -0.352 e. The van der Waals surface area contributed by atoms with Crippen molar-refractivity contribution in [3.8, 4) is 0 Å². The number of nitrogens with one attached hydrogen (secondary N) is 2. The molecule has 0 atom stereocenters. The zero-order chi connectivity index (χ0) is 19.3. The Bertz CT molecular complexity index is 936. The number of halogens is 3. The fourth-order valence-electron chi connectivity index (χ4n) is 2.48. The summed E-state index contributed by atoms with van der Waals surface area (Å²) >= 11 is 5.77. The summed E-state index contributed by atoms with van der Waals surface area (Å²) in [6.07, 6.45) is 1.20. The first-order valence-corrected chi connectivity index (χ1v) is 10.2. The molecule has 0 saturated carbocycles. The van der Waals surface area contributed by atoms with Gasteiger partial charge in [-0.3, -0.25) is 4.99 Å². The van der Waals surface area contributed by atoms with Crippen molar-refractivity contribution in [2.24, 2.45) is 4.99 Å². The van der Waals surface area contributed by atoms with Crippen molar-refractivity contribution in [2.45, 2.75) is 24.9 Å². The molecule has 0 aliphatic rings. The zero-order valence-electron chi connectivity index (χ0n) is 15.2. The van der Waals surface area contributed by atoms with Crippen molar-refractivity contribution >= 4 is 51.4 Å². The summed E-state index contributed by atoms with van der Waals surface area (Å²) in [7, 11) is -1.58. The molecular formula is C18H22ClFIN3O2S. The van der Waals surface area contributed by atoms with Gasteiger partial charge in [0.1, 0.15) is 5.82 Å². The van der Waals surface area contributed by atoms with E-state index in [4.69, 9.17) is 11.6 Å². The van der Waals surface area contributed by atoms with Crippen LogP contribution in [0.1, 0.15) is 16.7 Å². The number of guanidine groups is 1. The normalized spacial score (nSPS) is 11.7. The maximum absolute atomic E-state index is 13.2. The van der Waals surface area contributed by atoms with Gasteiger partial charge >= 0.3 is 0 Å². The van der Waals surface area contributed by atoms with Crippen LogP contribution in [0, 0.1) is 12.7 Å². The van der Waals surface area contributed by atoms with Crippen LogP contribution in [0.4, 0.5) is 4.39 Å². The monoisotopic (exact) mass is 525 g/mol. The fraction of sp³-hybridized carbons (Fsp3) is 0.278. The molecule has 2 rings (SSSR count). The molecule has 0 radical (unpaired) electrons. The first kappa shape index (κ1) is 23.6. The number of rotatable bonds is 5. The smallest absolute Gasteiger partial charge is 0.191 e. The van der Waals surface area contributed by atoms with Crippen LogP contribution >= 0.6 is 35.6 Å². The second-order valence-electron chi connectivity index (χ2n) is 5.90. The van der Waals surface area contributed by atoms with Gasteiger partial charge in [0, 0.05) is 26.4 Å². The van der Waals surface area contributed by atoms with E-state index in [1.165, 1.54) is 12.3 Å². The number of hydrogen-bond acceptors (Lipinski definition) is 3. The predicted molar refractivity (Wildman–Crippen MR) is 118 cm³/mol. The highest BCUT2D eigenvalue weighted by Crippen LogP contribution is 2.17. The summed E-state index contributed by atoms with van der Waals surface area (Å²) in [5.41, 5.74) is 2.46. The summed E-state index contributed by atoms with van der Waals surface area (Å²) < 4.78 is 36.5. The van der Waals surface area contributed by atoms with Gasteiger partial charge in [0.2, 0.25) is 0 Å². The van der Waals surface area contributed by atoms with E-state index < -0.39 is 15.7 Å². The topological polar surface area (TPSA) is 70.6 Å². The number of aliphatic imine (C=N–C) groups is 1. The highest BCUT2D eigenvalue weighted by atomic mass is 127. The van der Waals surface area contributed by atoms with Crippen LogP contribution in [-0.4, -0.2) is 27.7 Å². The molecule has 148 valence electrons. The van der Waals surface area contributed by atoms with Crippen LogP contribution in [0.15, 0.2) is 46.3 Å². The van der Waals surface area contributed by atoms with E-state index >= 15 is 0 Å². The van der Waals surface area contributed by atoms with Crippen molar-refractivity contribution in [3.05, 3.63) is 63.9 Å². The Morgan fingerprint density at radius 3 is 2.15 bits per heavy atom. The van der Waals surface area contributed by atoms with Crippen LogP contribution in [0.2, 0.25) is 5.02 Å². The lowest BCUT2D eigenvalue weighted by Gasteiger charge is -2.13. The molecule has 0 unspecified atom stereocenters. The van der Waals surface area contributed by atoms with E-state index in [0.29, 0.717) is 29.5 Å². The SMILES string of the molecule is CN=C(NCc1ccc(S(C)(=O)=O)c(C)c1)NCc1ccc(F)c(Cl)c1.I. The Kier molecular flexibility index (Phi) is 8.97. The Labute approximate surface area is 181 Å². The van der Waals surface area contributed by atoms with Crippen molar-refractivity contribution in [3.63, 3.8) is 0 Å². The lowest BCUT2D eigenvalue weighted by Crippen LogP contribution is -2.36. The van der Waals surface area contributed by atoms with Crippen molar-refractivity contribution in [2.75, 3.05) is 13.3 Å². The van der Waals surface area contributed by atoms with Crippen LogP contribution < -0.4 is 10.6 Å². The lowest BCUT2D eigenvalue weighted by atomic mass is 10.1. The molecule has 27 heavy (non-hydrogen) atoms. The maximum atomic E-state index is 13.2. The van der Waals surface area contributed by atoms with Gasteiger partial charge in [-0.25, -0.2) is 12.8 Å². The van der Waals surface area contributed by atoms with Gasteiger partial charge in [0.05, 0.1) is 9.92 Å². The van der Waals surface area contributed by atoms with Crippen molar-refractivity contribution < 1.29 is 12.8 Å². The molecule has 0 saturated heterocycles. The fourth-order valence-corrected chi connectivity index (χ4v) is 3.64. The minimum absolute atomic E-state index is 0. The molecule has 0 bridgehead atoms. The molecule has 0 spiro atoms. The van der Waals surface area contributed by atoms with Gasteiger partial charge in [0.15, 0.2) is 15.8 Å². The Balaban J connectivity index is 0.00000364. The van der Waals surface area contributed by atoms with E-state index in [1.807, 2.05) is 6.07 Å². The standard InChI is InChI=1S/C18H21ClFN3O2S.HI/c1-12-8-13(5-7-17(12)26(3,24)25)10-22-18(21-2)23-11-14-4-6-16(20)15(19)9-14;/h4-9H,10-11H2,1-3H3,(H2,21,22,23);1H. The molecule has 2 aromatic carbocycles. The largest absolute Gasteiger partial charge is 0.352 e. The van der Waals surface area contributed by atoms with Crippen LogP contribution in [0.5, 0.6) is 0 Å². The summed E-state index contributed by atoms with van der Waals surface area (Å²) in [6, 6.07) is 9.74. The number of aryl methyl sites for hydroxylation is 1. The Morgan fingerprint density at radius 2 is 1.67 bits per heavy atom. The molecule has 0 heterocycles. The summed E-state index contributed by atoms with van der Waals surface area (Å²) in [5.74, 6) is 0.112. The first-order chi connectivity index (χ1) is 12.2. The van der Waals surface area contributed by atoms with E-state index in [2.05, 4.69) is 15.6 Å². The molecule has 0 aliphatic heterocycles. The molecule has 0 aliphatic carbocycles. The quantitative estimate of drug-likeness (QED) is 0.355. The van der Waals surface area contributed by atoms with Gasteiger partial charge in [-0.1, -0.05) is 29.8 Å². The third-order valence-electron chi connectivity index (χ3n) is 3.77. The Morgan fingerprint density at radius 1 is 1.11 bits per heavy atom. The first-order valence-electron chi connectivity index (χ1n) is 7.88. The van der Waals surface area contributed by atoms with E-state index in [1.54, 1.807) is 38.2 Å². The average Bonchev–Trinajstić information content (AvgIpc) is 2.57. The van der Waals surface area contributed by atoms with Crippen LogP contribution in [0.25, 0.3) is 0 Å². The number of benzene rings is 2. The Hall–Kier alpha value is -1.39. The molecule has 2 N–H and O–H groups in total. The molecule has 5 nitrogen and oxygen atoms in total. The van der Waals surface area contributed by atoms with Gasteiger partial charge < -0.3 is 10.6 Å². The predicted octanol–water partition coefficient (Wildman–Crippen LogP) is 3.67. The van der Waals surface area contributed by atoms with Gasteiger partial charge in [0.25, 0.3) is 0 Å². The molecule has 0 fully saturated rings. The lowest BCUT2D eigenvalue weighted by molar-refractivity contribution is 0.601. The molecule has 0 aromatic heterocycles. The second-order valence-corrected chi connectivity index (χ2v) is 8.29. The number of nitrogens with zero attached hydrogens (tertiary/aromatic N) is 1. The summed E-state index contributed by atoms with van der Waals surface area (Å²) in [5, 5.41) is 6.34. The molecule has 0 amide bonds. The molecule has 9 heteroatoms. The average molecular weight is 526 g/mol. The maximum Gasteiger partial charge on any atom is 0.191 e. The third-order valence-corrected chi connectivity index (χ3v) is 5.31. The van der Waals surface area contributed by atoms with Crippen LogP contribution in [0.3, 0.4) is 0 Å².